The molecule has 76 valence electrons. The summed E-state index contributed by atoms with van der Waals surface area (Å²) < 4.78 is 0. The molecule has 1 saturated heterocycles. The number of thioether (sulfide) groups is 1. The average Bonchev–Trinajstić information content (AvgIpc) is 2.51. The summed E-state index contributed by atoms with van der Waals surface area (Å²) in [5.41, 5.74) is 0. The maximum Gasteiger partial charge on any atom is 0.0215 e. The van der Waals surface area contributed by atoms with Gasteiger partial charge in [-0.2, -0.15) is 11.8 Å². The third kappa shape index (κ3) is 2.21. The van der Waals surface area contributed by atoms with Gasteiger partial charge in [-0.3, -0.25) is 4.90 Å². The molecular formula is C11H21NS. The first kappa shape index (κ1) is 9.85. The van der Waals surface area contributed by atoms with Crippen LogP contribution in [0.3, 0.4) is 0 Å². The molecule has 2 heteroatoms. The molecule has 0 aromatic carbocycles. The van der Waals surface area contributed by atoms with E-state index in [4.69, 9.17) is 0 Å². The summed E-state index contributed by atoms with van der Waals surface area (Å²) in [6.45, 7) is 7.34. The maximum atomic E-state index is 2.75. The van der Waals surface area contributed by atoms with Crippen molar-refractivity contribution in [3.8, 4) is 0 Å². The number of nitrogens with zero attached hydrogens (tertiary/aromatic N) is 1. The zero-order chi connectivity index (χ0) is 9.26. The molecule has 0 bridgehead atoms. The van der Waals surface area contributed by atoms with Crippen molar-refractivity contribution in [2.24, 2.45) is 5.92 Å². The highest BCUT2D eigenvalue weighted by Gasteiger charge is 2.35. The van der Waals surface area contributed by atoms with E-state index in [-0.39, 0.29) is 0 Å². The van der Waals surface area contributed by atoms with E-state index in [0.29, 0.717) is 0 Å². The summed E-state index contributed by atoms with van der Waals surface area (Å²) in [6, 6.07) is 0.932. The summed E-state index contributed by atoms with van der Waals surface area (Å²) in [4.78, 5) is 2.75. The molecule has 2 unspecified atom stereocenters. The Bertz CT molecular complexity index is 169. The maximum absolute atomic E-state index is 2.75. The predicted octanol–water partition coefficient (Wildman–Crippen LogP) is 2.61. The Morgan fingerprint density at radius 1 is 1.38 bits per heavy atom. The van der Waals surface area contributed by atoms with Gasteiger partial charge in [0.2, 0.25) is 0 Å². The average molecular weight is 199 g/mol. The van der Waals surface area contributed by atoms with Crippen molar-refractivity contribution in [2.75, 3.05) is 18.8 Å². The fraction of sp³-hybridized carbons (Fsp3) is 1.00. The van der Waals surface area contributed by atoms with Crippen LogP contribution in [0.25, 0.3) is 0 Å². The fourth-order valence-electron chi connectivity index (χ4n) is 2.70. The molecule has 0 amide bonds. The first-order valence-corrected chi connectivity index (χ1v) is 6.68. The van der Waals surface area contributed by atoms with E-state index in [1.54, 1.807) is 0 Å². The van der Waals surface area contributed by atoms with E-state index >= 15 is 0 Å². The molecule has 0 aromatic heterocycles. The van der Waals surface area contributed by atoms with Gasteiger partial charge in [-0.15, -0.1) is 0 Å². The number of hydrogen-bond acceptors (Lipinski definition) is 2. The van der Waals surface area contributed by atoms with Crippen molar-refractivity contribution < 1.29 is 0 Å². The van der Waals surface area contributed by atoms with Crippen molar-refractivity contribution in [3.63, 3.8) is 0 Å². The normalized spacial score (nSPS) is 35.3. The quantitative estimate of drug-likeness (QED) is 0.672. The standard InChI is InChI=1S/C11H21NS/c1-9(2)8-12-6-7-13-11-5-3-4-10(11)12/h9-11H,3-8H2,1-2H3. The van der Waals surface area contributed by atoms with Gasteiger partial charge in [0.15, 0.2) is 0 Å². The van der Waals surface area contributed by atoms with Gasteiger partial charge >= 0.3 is 0 Å². The predicted molar refractivity (Wildman–Crippen MR) is 60.3 cm³/mol. The van der Waals surface area contributed by atoms with Crippen LogP contribution in [0.15, 0.2) is 0 Å². The van der Waals surface area contributed by atoms with Crippen LogP contribution < -0.4 is 0 Å². The topological polar surface area (TPSA) is 3.24 Å². The van der Waals surface area contributed by atoms with Gasteiger partial charge in [-0.05, 0) is 18.8 Å². The van der Waals surface area contributed by atoms with Crippen molar-refractivity contribution in [3.05, 3.63) is 0 Å². The molecule has 2 fully saturated rings. The van der Waals surface area contributed by atoms with Gasteiger partial charge in [0, 0.05) is 30.1 Å². The summed E-state index contributed by atoms with van der Waals surface area (Å²) in [7, 11) is 0. The van der Waals surface area contributed by atoms with Crippen molar-refractivity contribution in [1.82, 2.24) is 4.90 Å². The van der Waals surface area contributed by atoms with Crippen LogP contribution in [0.5, 0.6) is 0 Å². The Morgan fingerprint density at radius 2 is 2.23 bits per heavy atom. The molecule has 1 saturated carbocycles. The van der Waals surface area contributed by atoms with E-state index in [0.717, 1.165) is 17.2 Å². The van der Waals surface area contributed by atoms with Gasteiger partial charge in [0.25, 0.3) is 0 Å². The Balaban J connectivity index is 1.93. The van der Waals surface area contributed by atoms with Crippen LogP contribution >= 0.6 is 11.8 Å². The second-order valence-electron chi connectivity index (χ2n) is 4.80. The molecule has 1 aliphatic heterocycles. The van der Waals surface area contributed by atoms with Crippen molar-refractivity contribution in [2.45, 2.75) is 44.4 Å². The zero-order valence-electron chi connectivity index (χ0n) is 8.83. The van der Waals surface area contributed by atoms with E-state index in [1.807, 2.05) is 0 Å². The lowest BCUT2D eigenvalue weighted by atomic mass is 10.1. The number of hydrogen-bond donors (Lipinski definition) is 0. The fourth-order valence-corrected chi connectivity index (χ4v) is 4.21. The van der Waals surface area contributed by atoms with Gasteiger partial charge < -0.3 is 0 Å². The molecule has 0 N–H and O–H groups in total. The molecule has 0 spiro atoms. The van der Waals surface area contributed by atoms with Crippen LogP contribution in [-0.2, 0) is 0 Å². The van der Waals surface area contributed by atoms with E-state index in [9.17, 15) is 0 Å². The molecule has 2 aliphatic rings. The van der Waals surface area contributed by atoms with Crippen molar-refractivity contribution in [1.29, 1.82) is 0 Å². The summed E-state index contributed by atoms with van der Waals surface area (Å²) in [6.07, 6.45) is 4.41. The van der Waals surface area contributed by atoms with Gasteiger partial charge in [-0.1, -0.05) is 20.3 Å². The van der Waals surface area contributed by atoms with Crippen LogP contribution in [0.2, 0.25) is 0 Å². The minimum absolute atomic E-state index is 0.837. The minimum Gasteiger partial charge on any atom is -0.298 e. The van der Waals surface area contributed by atoms with Gasteiger partial charge in [0.1, 0.15) is 0 Å². The Hall–Kier alpha value is 0.310. The Morgan fingerprint density at radius 3 is 3.00 bits per heavy atom. The third-order valence-electron chi connectivity index (χ3n) is 3.20. The summed E-state index contributed by atoms with van der Waals surface area (Å²) in [5.74, 6) is 2.21. The molecule has 1 aliphatic carbocycles. The molecule has 1 heterocycles. The van der Waals surface area contributed by atoms with E-state index in [1.165, 1.54) is 38.1 Å². The lowest BCUT2D eigenvalue weighted by Crippen LogP contribution is -2.46. The molecule has 13 heavy (non-hydrogen) atoms. The Kier molecular flexibility index (Phi) is 3.20. The van der Waals surface area contributed by atoms with Crippen molar-refractivity contribution >= 4 is 11.8 Å². The van der Waals surface area contributed by atoms with Gasteiger partial charge in [0.05, 0.1) is 0 Å². The number of fused-ring (bicyclic) bond motifs is 1. The van der Waals surface area contributed by atoms with E-state index < -0.39 is 0 Å². The van der Waals surface area contributed by atoms with Gasteiger partial charge in [-0.25, -0.2) is 0 Å². The van der Waals surface area contributed by atoms with Crippen LogP contribution in [0, 0.1) is 5.92 Å². The highest BCUT2D eigenvalue weighted by molar-refractivity contribution is 8.00. The SMILES string of the molecule is CC(C)CN1CCSC2CCCC21. The van der Waals surface area contributed by atoms with Crippen LogP contribution in [0.4, 0.5) is 0 Å². The second-order valence-corrected chi connectivity index (χ2v) is 6.14. The molecule has 0 aromatic rings. The zero-order valence-corrected chi connectivity index (χ0v) is 9.65. The molecule has 2 atom stereocenters. The van der Waals surface area contributed by atoms with E-state index in [2.05, 4.69) is 30.5 Å². The molecule has 2 rings (SSSR count). The second kappa shape index (κ2) is 4.22. The largest absolute Gasteiger partial charge is 0.298 e. The monoisotopic (exact) mass is 199 g/mol. The third-order valence-corrected chi connectivity index (χ3v) is 4.59. The highest BCUT2D eigenvalue weighted by atomic mass is 32.2. The molecule has 0 radical (unpaired) electrons. The van der Waals surface area contributed by atoms with Crippen LogP contribution in [-0.4, -0.2) is 35.0 Å². The Labute approximate surface area is 86.3 Å². The highest BCUT2D eigenvalue weighted by Crippen LogP contribution is 2.36. The smallest absolute Gasteiger partial charge is 0.0215 e. The lowest BCUT2D eigenvalue weighted by Gasteiger charge is -2.38. The van der Waals surface area contributed by atoms with Crippen LogP contribution in [0.1, 0.15) is 33.1 Å². The minimum atomic E-state index is 0.837. The summed E-state index contributed by atoms with van der Waals surface area (Å²) in [5, 5.41) is 0.979. The first-order chi connectivity index (χ1) is 6.27. The molecular weight excluding hydrogens is 178 g/mol. The number of rotatable bonds is 2. The summed E-state index contributed by atoms with van der Waals surface area (Å²) >= 11 is 2.22. The first-order valence-electron chi connectivity index (χ1n) is 5.63. The molecule has 1 nitrogen and oxygen atoms in total. The lowest BCUT2D eigenvalue weighted by molar-refractivity contribution is 0.185.